The molecule has 0 spiro atoms. The number of carbonyl (C=O) groups is 1. The molecule has 29 heavy (non-hydrogen) atoms. The van der Waals surface area contributed by atoms with Gasteiger partial charge in [-0.15, -0.1) is 0 Å². The Morgan fingerprint density at radius 2 is 2.00 bits per heavy atom. The second-order valence-corrected chi connectivity index (χ2v) is 7.92. The van der Waals surface area contributed by atoms with Crippen LogP contribution in [0.2, 0.25) is 0 Å². The molecule has 2 heterocycles. The number of unbranched alkanes of at least 4 members (excludes halogenated alkanes) is 1. The predicted octanol–water partition coefficient (Wildman–Crippen LogP) is 3.18. The molecule has 0 unspecified atom stereocenters. The average molecular weight is 396 g/mol. The van der Waals surface area contributed by atoms with Crippen molar-refractivity contribution in [2.24, 2.45) is 0 Å². The molecule has 1 aliphatic rings. The number of benzene rings is 1. The number of rotatable bonds is 7. The number of pyridine rings is 1. The summed E-state index contributed by atoms with van der Waals surface area (Å²) in [7, 11) is 1.98. The summed E-state index contributed by atoms with van der Waals surface area (Å²) in [4.78, 5) is 23.5. The van der Waals surface area contributed by atoms with Gasteiger partial charge in [0.05, 0.1) is 12.2 Å². The number of anilines is 3. The molecule has 0 radical (unpaired) electrons. The molecule has 1 aromatic heterocycles. The van der Waals surface area contributed by atoms with Crippen LogP contribution >= 0.6 is 0 Å². The maximum atomic E-state index is 12.9. The standard InChI is InChI=1S/C23H33N5O/c1-4-5-7-19-9-11-20(12-10-19)26(3)17-22(29)28-15-14-27(16-18(28)2)23-21(24)8-6-13-25-23/h6,8-13,18H,4-5,7,14-17,24H2,1-3H3/t18-/m0/s1. The van der Waals surface area contributed by atoms with Crippen molar-refractivity contribution < 1.29 is 4.79 Å². The Morgan fingerprint density at radius 1 is 1.24 bits per heavy atom. The lowest BCUT2D eigenvalue weighted by Gasteiger charge is -2.41. The van der Waals surface area contributed by atoms with Crippen LogP contribution in [-0.4, -0.2) is 55.1 Å². The first-order valence-electron chi connectivity index (χ1n) is 10.5. The molecule has 6 heteroatoms. The molecule has 3 rings (SSSR count). The molecule has 1 amide bonds. The Bertz CT molecular complexity index is 807. The van der Waals surface area contributed by atoms with Gasteiger partial charge in [0.1, 0.15) is 0 Å². The summed E-state index contributed by atoms with van der Waals surface area (Å²) < 4.78 is 0. The molecule has 1 fully saturated rings. The molecule has 0 aliphatic carbocycles. The van der Waals surface area contributed by atoms with Crippen LogP contribution in [0.3, 0.4) is 0 Å². The first-order valence-corrected chi connectivity index (χ1v) is 10.5. The number of hydrogen-bond donors (Lipinski definition) is 1. The maximum Gasteiger partial charge on any atom is 0.242 e. The van der Waals surface area contributed by atoms with E-state index in [4.69, 9.17) is 5.73 Å². The molecule has 1 aromatic carbocycles. The van der Waals surface area contributed by atoms with Crippen molar-refractivity contribution in [3.63, 3.8) is 0 Å². The fraction of sp³-hybridized carbons (Fsp3) is 0.478. The predicted molar refractivity (Wildman–Crippen MR) is 120 cm³/mol. The van der Waals surface area contributed by atoms with Gasteiger partial charge in [-0.3, -0.25) is 4.79 Å². The highest BCUT2D eigenvalue weighted by Gasteiger charge is 2.29. The minimum absolute atomic E-state index is 0.113. The largest absolute Gasteiger partial charge is 0.396 e. The summed E-state index contributed by atoms with van der Waals surface area (Å²) >= 11 is 0. The maximum absolute atomic E-state index is 12.9. The van der Waals surface area contributed by atoms with Gasteiger partial charge in [-0.05, 0) is 49.6 Å². The van der Waals surface area contributed by atoms with Crippen molar-refractivity contribution in [2.75, 3.05) is 48.8 Å². The fourth-order valence-electron chi connectivity index (χ4n) is 3.88. The molecule has 1 atom stereocenters. The number of nitrogens with zero attached hydrogens (tertiary/aromatic N) is 4. The van der Waals surface area contributed by atoms with Crippen LogP contribution in [0.25, 0.3) is 0 Å². The Morgan fingerprint density at radius 3 is 2.66 bits per heavy atom. The molecule has 156 valence electrons. The third-order valence-corrected chi connectivity index (χ3v) is 5.63. The van der Waals surface area contributed by atoms with Crippen molar-refractivity contribution in [1.29, 1.82) is 0 Å². The van der Waals surface area contributed by atoms with Gasteiger partial charge in [0, 0.05) is 44.6 Å². The normalized spacial score (nSPS) is 16.7. The minimum Gasteiger partial charge on any atom is -0.396 e. The third kappa shape index (κ3) is 5.19. The zero-order chi connectivity index (χ0) is 20.8. The van der Waals surface area contributed by atoms with Crippen molar-refractivity contribution in [3.8, 4) is 0 Å². The Kier molecular flexibility index (Phi) is 6.96. The summed E-state index contributed by atoms with van der Waals surface area (Å²) in [6.45, 7) is 6.84. The lowest BCUT2D eigenvalue weighted by atomic mass is 10.1. The van der Waals surface area contributed by atoms with Crippen LogP contribution in [0, 0.1) is 0 Å². The summed E-state index contributed by atoms with van der Waals surface area (Å²) in [5.74, 6) is 0.968. The van der Waals surface area contributed by atoms with Crippen molar-refractivity contribution in [3.05, 3.63) is 48.2 Å². The minimum atomic E-state index is 0.113. The second-order valence-electron chi connectivity index (χ2n) is 7.92. The number of aromatic nitrogens is 1. The van der Waals surface area contributed by atoms with Crippen LogP contribution in [-0.2, 0) is 11.2 Å². The molecule has 0 bridgehead atoms. The monoisotopic (exact) mass is 395 g/mol. The zero-order valence-corrected chi connectivity index (χ0v) is 17.8. The highest BCUT2D eigenvalue weighted by Crippen LogP contribution is 2.23. The zero-order valence-electron chi connectivity index (χ0n) is 17.8. The van der Waals surface area contributed by atoms with Gasteiger partial charge in [-0.2, -0.15) is 0 Å². The fourth-order valence-corrected chi connectivity index (χ4v) is 3.88. The lowest BCUT2D eigenvalue weighted by molar-refractivity contribution is -0.132. The van der Waals surface area contributed by atoms with Crippen LogP contribution < -0.4 is 15.5 Å². The van der Waals surface area contributed by atoms with Crippen LogP contribution in [0.4, 0.5) is 17.2 Å². The average Bonchev–Trinajstić information content (AvgIpc) is 2.72. The van der Waals surface area contributed by atoms with Gasteiger partial charge >= 0.3 is 0 Å². The Hall–Kier alpha value is -2.76. The second kappa shape index (κ2) is 9.63. The first-order chi connectivity index (χ1) is 14.0. The molecule has 2 N–H and O–H groups in total. The number of likely N-dealkylation sites (N-methyl/N-ethyl adjacent to an activating group) is 1. The van der Waals surface area contributed by atoms with E-state index in [1.807, 2.05) is 29.0 Å². The van der Waals surface area contributed by atoms with Gasteiger partial charge in [0.25, 0.3) is 0 Å². The number of hydrogen-bond acceptors (Lipinski definition) is 5. The van der Waals surface area contributed by atoms with Crippen LogP contribution in [0.1, 0.15) is 32.3 Å². The van der Waals surface area contributed by atoms with E-state index in [-0.39, 0.29) is 11.9 Å². The van der Waals surface area contributed by atoms with Crippen molar-refractivity contribution in [1.82, 2.24) is 9.88 Å². The molecule has 2 aromatic rings. The molecule has 1 saturated heterocycles. The quantitative estimate of drug-likeness (QED) is 0.780. The number of nitrogen functional groups attached to an aromatic ring is 1. The van der Waals surface area contributed by atoms with E-state index in [0.29, 0.717) is 18.8 Å². The summed E-state index contributed by atoms with van der Waals surface area (Å²) in [5, 5.41) is 0. The number of carbonyl (C=O) groups excluding carboxylic acids is 1. The molecular formula is C23H33N5O. The SMILES string of the molecule is CCCCc1ccc(N(C)CC(=O)N2CCN(c3ncccc3N)C[C@@H]2C)cc1. The van der Waals surface area contributed by atoms with Crippen LogP contribution in [0.5, 0.6) is 0 Å². The Balaban J connectivity index is 1.56. The number of amides is 1. The van der Waals surface area contributed by atoms with Gasteiger partial charge in [0.2, 0.25) is 5.91 Å². The summed E-state index contributed by atoms with van der Waals surface area (Å²) in [6, 6.07) is 12.4. The number of aryl methyl sites for hydroxylation is 1. The van der Waals surface area contributed by atoms with Gasteiger partial charge in [-0.25, -0.2) is 4.98 Å². The summed E-state index contributed by atoms with van der Waals surface area (Å²) in [5.41, 5.74) is 9.18. The lowest BCUT2D eigenvalue weighted by Crippen LogP contribution is -2.56. The van der Waals surface area contributed by atoms with Crippen LogP contribution in [0.15, 0.2) is 42.6 Å². The van der Waals surface area contributed by atoms with Crippen molar-refractivity contribution in [2.45, 2.75) is 39.2 Å². The first kappa shape index (κ1) is 21.0. The number of nitrogens with two attached hydrogens (primary N) is 1. The van der Waals surface area contributed by atoms with E-state index >= 15 is 0 Å². The van der Waals surface area contributed by atoms with E-state index in [1.54, 1.807) is 6.20 Å². The van der Waals surface area contributed by atoms with Gasteiger partial charge < -0.3 is 20.4 Å². The van der Waals surface area contributed by atoms with E-state index in [9.17, 15) is 4.79 Å². The smallest absolute Gasteiger partial charge is 0.242 e. The number of piperazine rings is 1. The molecule has 6 nitrogen and oxygen atoms in total. The topological polar surface area (TPSA) is 65.7 Å². The molecule has 0 saturated carbocycles. The van der Waals surface area contributed by atoms with Crippen molar-refractivity contribution >= 4 is 23.1 Å². The summed E-state index contributed by atoms with van der Waals surface area (Å²) in [6.07, 6.45) is 5.29. The van der Waals surface area contributed by atoms with E-state index in [1.165, 1.54) is 18.4 Å². The Labute approximate surface area is 174 Å². The molecule has 1 aliphatic heterocycles. The third-order valence-electron chi connectivity index (χ3n) is 5.63. The highest BCUT2D eigenvalue weighted by atomic mass is 16.2. The van der Waals surface area contributed by atoms with Gasteiger partial charge in [0.15, 0.2) is 5.82 Å². The van der Waals surface area contributed by atoms with Gasteiger partial charge in [-0.1, -0.05) is 25.5 Å². The highest BCUT2D eigenvalue weighted by molar-refractivity contribution is 5.82. The van der Waals surface area contributed by atoms with E-state index in [2.05, 4.69) is 48.0 Å². The van der Waals surface area contributed by atoms with E-state index < -0.39 is 0 Å². The van der Waals surface area contributed by atoms with E-state index in [0.717, 1.165) is 31.0 Å². The molecular weight excluding hydrogens is 362 g/mol.